The lowest BCUT2D eigenvalue weighted by Gasteiger charge is -2.46. The molecule has 2 fully saturated rings. The molecule has 0 aliphatic carbocycles. The lowest BCUT2D eigenvalue weighted by molar-refractivity contribution is -0.142. The summed E-state index contributed by atoms with van der Waals surface area (Å²) in [5.41, 5.74) is 1.52. The zero-order valence-corrected chi connectivity index (χ0v) is 25.9. The van der Waals surface area contributed by atoms with Crippen LogP contribution in [0.4, 0.5) is 10.5 Å². The number of methoxy groups -OCH3 is 2. The topological polar surface area (TPSA) is 110 Å². The standard InChI is InChI=1S/C34H40N4O7/c1-24(32(39)43-3)35-34(41)38-18-17-30(37-21-19-36(20-22-37)26-11-15-27(42-2)16-12-26)31(23-38)45-33(40)25-9-13-29(14-10-25)44-28-7-5-4-6-8-28/h4-16,24,30-31H,17-23H2,1-3H3,(H,35,41)/t24?,30-,31-/m1/s1. The second-order valence-corrected chi connectivity index (χ2v) is 11.1. The Labute approximate surface area is 263 Å². The predicted molar refractivity (Wildman–Crippen MR) is 169 cm³/mol. The molecule has 2 amide bonds. The minimum Gasteiger partial charge on any atom is -0.497 e. The van der Waals surface area contributed by atoms with Gasteiger partial charge in [0.05, 0.1) is 32.4 Å². The highest BCUT2D eigenvalue weighted by Crippen LogP contribution is 2.26. The molecule has 11 nitrogen and oxygen atoms in total. The maximum Gasteiger partial charge on any atom is 0.338 e. The van der Waals surface area contributed by atoms with E-state index in [1.54, 1.807) is 43.2 Å². The van der Waals surface area contributed by atoms with Crippen molar-refractivity contribution in [2.45, 2.75) is 31.5 Å². The van der Waals surface area contributed by atoms with Crippen LogP contribution in [0.5, 0.6) is 17.2 Å². The van der Waals surface area contributed by atoms with Crippen molar-refractivity contribution >= 4 is 23.7 Å². The van der Waals surface area contributed by atoms with Crippen LogP contribution < -0.4 is 19.7 Å². The van der Waals surface area contributed by atoms with Crippen LogP contribution >= 0.6 is 0 Å². The van der Waals surface area contributed by atoms with Gasteiger partial charge in [-0.2, -0.15) is 0 Å². The molecular formula is C34H40N4O7. The second-order valence-electron chi connectivity index (χ2n) is 11.1. The molecule has 1 unspecified atom stereocenters. The van der Waals surface area contributed by atoms with Gasteiger partial charge in [0.25, 0.3) is 0 Å². The van der Waals surface area contributed by atoms with Gasteiger partial charge in [0.15, 0.2) is 0 Å². The minimum atomic E-state index is -0.802. The Kier molecular flexibility index (Phi) is 10.4. The van der Waals surface area contributed by atoms with Crippen LogP contribution in [0, 0.1) is 0 Å². The number of hydrogen-bond donors (Lipinski definition) is 1. The summed E-state index contributed by atoms with van der Waals surface area (Å²) in [6.07, 6.45) is 0.0443. The lowest BCUT2D eigenvalue weighted by Crippen LogP contribution is -2.62. The highest BCUT2D eigenvalue weighted by molar-refractivity contribution is 5.89. The molecule has 3 aromatic carbocycles. The number of piperazine rings is 1. The summed E-state index contributed by atoms with van der Waals surface area (Å²) in [6, 6.07) is 23.0. The van der Waals surface area contributed by atoms with E-state index < -0.39 is 30.1 Å². The number of nitrogens with zero attached hydrogens (tertiary/aromatic N) is 3. The van der Waals surface area contributed by atoms with Crippen molar-refractivity contribution in [1.82, 2.24) is 15.1 Å². The zero-order chi connectivity index (χ0) is 31.8. The first kappa shape index (κ1) is 31.6. The number of piperidine rings is 1. The van der Waals surface area contributed by atoms with E-state index in [0.29, 0.717) is 30.0 Å². The molecule has 0 saturated carbocycles. The number of benzene rings is 3. The molecule has 45 heavy (non-hydrogen) atoms. The molecule has 2 saturated heterocycles. The van der Waals surface area contributed by atoms with Crippen LogP contribution in [0.15, 0.2) is 78.9 Å². The Morgan fingerprint density at radius 2 is 1.44 bits per heavy atom. The average Bonchev–Trinajstić information content (AvgIpc) is 3.08. The fourth-order valence-electron chi connectivity index (χ4n) is 5.73. The fourth-order valence-corrected chi connectivity index (χ4v) is 5.73. The van der Waals surface area contributed by atoms with E-state index in [0.717, 1.165) is 37.6 Å². The average molecular weight is 617 g/mol. The van der Waals surface area contributed by atoms with Gasteiger partial charge in [-0.15, -0.1) is 0 Å². The smallest absolute Gasteiger partial charge is 0.338 e. The third kappa shape index (κ3) is 8.04. The summed E-state index contributed by atoms with van der Waals surface area (Å²) in [5.74, 6) is 1.11. The summed E-state index contributed by atoms with van der Waals surface area (Å²) in [4.78, 5) is 44.6. The summed E-state index contributed by atoms with van der Waals surface area (Å²) < 4.78 is 22.0. The molecule has 3 aromatic rings. The van der Waals surface area contributed by atoms with Crippen LogP contribution in [0.3, 0.4) is 0 Å². The number of para-hydroxylation sites is 1. The van der Waals surface area contributed by atoms with Crippen molar-refractivity contribution in [1.29, 1.82) is 0 Å². The SMILES string of the molecule is COC(=O)C(C)NC(=O)N1CC[C@@H](N2CCN(c3ccc(OC)cc3)CC2)[C@H](OC(=O)c2ccc(Oc3ccccc3)cc2)C1. The number of carbonyl (C=O) groups is 3. The monoisotopic (exact) mass is 616 g/mol. The maximum absolute atomic E-state index is 13.4. The number of ether oxygens (including phenoxy) is 4. The van der Waals surface area contributed by atoms with Gasteiger partial charge >= 0.3 is 18.0 Å². The quantitative estimate of drug-likeness (QED) is 0.354. The van der Waals surface area contributed by atoms with E-state index in [1.807, 2.05) is 42.5 Å². The second kappa shape index (κ2) is 14.8. The van der Waals surface area contributed by atoms with Gasteiger partial charge in [-0.25, -0.2) is 14.4 Å². The summed E-state index contributed by atoms with van der Waals surface area (Å²) >= 11 is 0. The molecule has 5 rings (SSSR count). The Morgan fingerprint density at radius 1 is 0.800 bits per heavy atom. The first-order valence-electron chi connectivity index (χ1n) is 15.1. The predicted octanol–water partition coefficient (Wildman–Crippen LogP) is 4.18. The molecule has 3 atom stereocenters. The normalized spacial score (nSPS) is 19.3. The minimum absolute atomic E-state index is 0.0743. The van der Waals surface area contributed by atoms with Crippen LogP contribution in [0.1, 0.15) is 23.7 Å². The number of anilines is 1. The fraction of sp³-hybridized carbons (Fsp3) is 0.382. The number of amides is 2. The first-order chi connectivity index (χ1) is 21.8. The number of carbonyl (C=O) groups excluding carboxylic acids is 3. The number of urea groups is 1. The van der Waals surface area contributed by atoms with E-state index in [-0.39, 0.29) is 12.6 Å². The molecule has 0 spiro atoms. The Morgan fingerprint density at radius 3 is 2.09 bits per heavy atom. The van der Waals surface area contributed by atoms with Crippen molar-refractivity contribution in [3.8, 4) is 17.2 Å². The number of esters is 2. The third-order valence-electron chi connectivity index (χ3n) is 8.25. The Bertz CT molecular complexity index is 1430. The van der Waals surface area contributed by atoms with Crippen LogP contribution in [-0.4, -0.2) is 99.4 Å². The van der Waals surface area contributed by atoms with E-state index in [1.165, 1.54) is 7.11 Å². The van der Waals surface area contributed by atoms with Crippen molar-refractivity contribution in [3.63, 3.8) is 0 Å². The van der Waals surface area contributed by atoms with E-state index in [4.69, 9.17) is 18.9 Å². The van der Waals surface area contributed by atoms with E-state index >= 15 is 0 Å². The maximum atomic E-state index is 13.4. The van der Waals surface area contributed by atoms with Crippen LogP contribution in [0.25, 0.3) is 0 Å². The molecule has 238 valence electrons. The largest absolute Gasteiger partial charge is 0.497 e. The Balaban J connectivity index is 1.26. The molecule has 11 heteroatoms. The third-order valence-corrected chi connectivity index (χ3v) is 8.25. The van der Waals surface area contributed by atoms with Gasteiger partial charge in [-0.3, -0.25) is 4.90 Å². The van der Waals surface area contributed by atoms with E-state index in [2.05, 4.69) is 27.2 Å². The van der Waals surface area contributed by atoms with Crippen LogP contribution in [0.2, 0.25) is 0 Å². The number of likely N-dealkylation sites (tertiary alicyclic amines) is 1. The van der Waals surface area contributed by atoms with Crippen molar-refractivity contribution in [2.24, 2.45) is 0 Å². The molecule has 2 aliphatic rings. The number of hydrogen-bond acceptors (Lipinski definition) is 9. The zero-order valence-electron chi connectivity index (χ0n) is 25.9. The van der Waals surface area contributed by atoms with Gasteiger partial charge in [-0.05, 0) is 74.0 Å². The van der Waals surface area contributed by atoms with Gasteiger partial charge in [0.1, 0.15) is 29.4 Å². The molecular weight excluding hydrogens is 576 g/mol. The number of rotatable bonds is 9. The highest BCUT2D eigenvalue weighted by atomic mass is 16.5. The molecule has 0 aromatic heterocycles. The highest BCUT2D eigenvalue weighted by Gasteiger charge is 2.39. The molecule has 1 N–H and O–H groups in total. The molecule has 0 bridgehead atoms. The number of nitrogens with one attached hydrogen (secondary N) is 1. The van der Waals surface area contributed by atoms with Crippen molar-refractivity contribution in [2.75, 3.05) is 58.4 Å². The molecule has 2 aliphatic heterocycles. The summed E-state index contributed by atoms with van der Waals surface area (Å²) in [5, 5.41) is 2.69. The lowest BCUT2D eigenvalue weighted by atomic mass is 9.98. The van der Waals surface area contributed by atoms with Gasteiger partial charge < -0.3 is 34.1 Å². The summed E-state index contributed by atoms with van der Waals surface area (Å²) in [6.45, 7) is 5.41. The molecule has 2 heterocycles. The Hall–Kier alpha value is -4.77. The van der Waals surface area contributed by atoms with Gasteiger partial charge in [0, 0.05) is 38.4 Å². The van der Waals surface area contributed by atoms with Crippen molar-refractivity contribution < 1.29 is 33.3 Å². The first-order valence-corrected chi connectivity index (χ1v) is 15.1. The molecule has 0 radical (unpaired) electrons. The van der Waals surface area contributed by atoms with Gasteiger partial charge in [-0.1, -0.05) is 18.2 Å². The van der Waals surface area contributed by atoms with Gasteiger partial charge in [0.2, 0.25) is 0 Å². The summed E-state index contributed by atoms with van der Waals surface area (Å²) in [7, 11) is 2.93. The van der Waals surface area contributed by atoms with E-state index in [9.17, 15) is 14.4 Å². The van der Waals surface area contributed by atoms with Crippen LogP contribution in [-0.2, 0) is 14.3 Å². The van der Waals surface area contributed by atoms with Crippen molar-refractivity contribution in [3.05, 3.63) is 84.4 Å².